The molecule has 1 heterocycles. The zero-order valence-electron chi connectivity index (χ0n) is 15.4. The van der Waals surface area contributed by atoms with Crippen LogP contribution in [0.1, 0.15) is 67.2 Å². The quantitative estimate of drug-likeness (QED) is 0.654. The first kappa shape index (κ1) is 18.6. The fourth-order valence-corrected chi connectivity index (χ4v) is 4.35. The summed E-state index contributed by atoms with van der Waals surface area (Å²) in [6.45, 7) is 14.6. The van der Waals surface area contributed by atoms with Crippen molar-refractivity contribution in [2.24, 2.45) is 23.2 Å². The van der Waals surface area contributed by atoms with Gasteiger partial charge in [0.05, 0.1) is 0 Å². The number of hydrogen-bond acceptors (Lipinski definition) is 1. The van der Waals surface area contributed by atoms with E-state index >= 15 is 0 Å². The van der Waals surface area contributed by atoms with Crippen LogP contribution in [0.4, 0.5) is 0 Å². The number of carbonyl (C=O) groups excluding carboxylic acids is 1. The van der Waals surface area contributed by atoms with Crippen LogP contribution in [-0.4, -0.2) is 31.2 Å². The lowest BCUT2D eigenvalue weighted by atomic mass is 9.58. The van der Waals surface area contributed by atoms with E-state index < -0.39 is 0 Å². The maximum Gasteiger partial charge on any atom is 0.226 e. The van der Waals surface area contributed by atoms with Crippen LogP contribution in [0.3, 0.4) is 0 Å². The number of amides is 1. The zero-order valence-corrected chi connectivity index (χ0v) is 15.4. The molecule has 0 aliphatic carbocycles. The normalized spacial score (nSPS) is 26.5. The van der Waals surface area contributed by atoms with Crippen molar-refractivity contribution >= 4 is 13.8 Å². The molecule has 0 N–H and O–H groups in total. The average molecular weight is 293 g/mol. The van der Waals surface area contributed by atoms with E-state index in [1.54, 1.807) is 0 Å². The summed E-state index contributed by atoms with van der Waals surface area (Å²) in [5.74, 6) is 1.86. The van der Waals surface area contributed by atoms with Gasteiger partial charge in [-0.1, -0.05) is 46.9 Å². The van der Waals surface area contributed by atoms with Crippen molar-refractivity contribution in [1.29, 1.82) is 0 Å². The van der Waals surface area contributed by atoms with Crippen molar-refractivity contribution in [3.63, 3.8) is 0 Å². The van der Waals surface area contributed by atoms with Gasteiger partial charge in [-0.2, -0.15) is 0 Å². The third-order valence-corrected chi connectivity index (χ3v) is 5.94. The Labute approximate surface area is 133 Å². The lowest BCUT2D eigenvalue weighted by Gasteiger charge is -2.50. The molecule has 3 unspecified atom stereocenters. The molecule has 1 rings (SSSR count). The SMILES string of the molecule is BCCC(C)(C(C)C)C1CCN(C(C)C)C(=O)C1CCC. The molecule has 1 aliphatic heterocycles. The molecule has 0 aromatic heterocycles. The largest absolute Gasteiger partial charge is 0.340 e. The van der Waals surface area contributed by atoms with Crippen LogP contribution in [0.2, 0.25) is 6.32 Å². The highest BCUT2D eigenvalue weighted by molar-refractivity contribution is 6.08. The monoisotopic (exact) mass is 293 g/mol. The molecule has 0 aromatic rings. The van der Waals surface area contributed by atoms with E-state index in [2.05, 4.69) is 54.3 Å². The van der Waals surface area contributed by atoms with Gasteiger partial charge in [-0.05, 0) is 43.9 Å². The molecule has 0 spiro atoms. The smallest absolute Gasteiger partial charge is 0.226 e. The van der Waals surface area contributed by atoms with Crippen molar-refractivity contribution in [1.82, 2.24) is 4.90 Å². The van der Waals surface area contributed by atoms with E-state index in [0.717, 1.165) is 19.4 Å². The Hall–Kier alpha value is -0.465. The lowest BCUT2D eigenvalue weighted by Crippen LogP contribution is -2.53. The predicted octanol–water partition coefficient (Wildman–Crippen LogP) is 3.76. The minimum atomic E-state index is 0.241. The summed E-state index contributed by atoms with van der Waals surface area (Å²) in [6, 6.07) is 0.342. The van der Waals surface area contributed by atoms with Crippen molar-refractivity contribution in [2.75, 3.05) is 6.54 Å². The summed E-state index contributed by atoms with van der Waals surface area (Å²) in [4.78, 5) is 15.1. The van der Waals surface area contributed by atoms with Crippen LogP contribution in [0.15, 0.2) is 0 Å². The topological polar surface area (TPSA) is 20.3 Å². The maximum absolute atomic E-state index is 13.0. The minimum absolute atomic E-state index is 0.241. The Morgan fingerprint density at radius 1 is 1.33 bits per heavy atom. The molecule has 21 heavy (non-hydrogen) atoms. The number of nitrogens with zero attached hydrogens (tertiary/aromatic N) is 1. The molecule has 1 aliphatic rings. The molecular weight excluding hydrogens is 257 g/mol. The lowest BCUT2D eigenvalue weighted by molar-refractivity contribution is -0.148. The number of rotatable bonds is 7. The van der Waals surface area contributed by atoms with Crippen molar-refractivity contribution < 1.29 is 4.79 Å². The second-order valence-electron chi connectivity index (χ2n) is 7.83. The summed E-state index contributed by atoms with van der Waals surface area (Å²) < 4.78 is 0. The Morgan fingerprint density at radius 2 is 1.95 bits per heavy atom. The standard InChI is InChI=1S/C18H36BNO/c1-7-8-15-16(18(6,10-11-19)13(2)3)9-12-20(14(4)5)17(15)21/h13-16H,7-12,19H2,1-6H3. The van der Waals surface area contributed by atoms with E-state index in [1.165, 1.54) is 19.2 Å². The molecule has 1 fully saturated rings. The van der Waals surface area contributed by atoms with Crippen molar-refractivity contribution in [3.05, 3.63) is 0 Å². The van der Waals surface area contributed by atoms with E-state index in [1.807, 2.05) is 0 Å². The van der Waals surface area contributed by atoms with Crippen LogP contribution >= 0.6 is 0 Å². The second-order valence-corrected chi connectivity index (χ2v) is 7.83. The van der Waals surface area contributed by atoms with E-state index in [4.69, 9.17) is 0 Å². The number of likely N-dealkylation sites (tertiary alicyclic amines) is 1. The summed E-state index contributed by atoms with van der Waals surface area (Å²) >= 11 is 0. The molecule has 3 heteroatoms. The zero-order chi connectivity index (χ0) is 16.2. The molecule has 2 nitrogen and oxygen atoms in total. The Kier molecular flexibility index (Phi) is 6.81. The maximum atomic E-state index is 13.0. The first-order valence-electron chi connectivity index (χ1n) is 9.10. The van der Waals surface area contributed by atoms with Crippen LogP contribution in [-0.2, 0) is 4.79 Å². The third kappa shape index (κ3) is 3.84. The van der Waals surface area contributed by atoms with Crippen LogP contribution < -0.4 is 0 Å². The Balaban J connectivity index is 3.07. The summed E-state index contributed by atoms with van der Waals surface area (Å²) in [6.07, 6.45) is 5.80. The number of piperidine rings is 1. The fraction of sp³-hybridized carbons (Fsp3) is 0.944. The highest BCUT2D eigenvalue weighted by Gasteiger charge is 2.46. The van der Waals surface area contributed by atoms with Crippen molar-refractivity contribution in [2.45, 2.75) is 79.6 Å². The molecule has 1 amide bonds. The Morgan fingerprint density at radius 3 is 2.38 bits per heavy atom. The Bertz CT molecular complexity index is 342. The molecule has 122 valence electrons. The molecule has 0 aromatic carbocycles. The summed E-state index contributed by atoms with van der Waals surface area (Å²) in [5, 5.41) is 0. The van der Waals surface area contributed by atoms with Gasteiger partial charge < -0.3 is 4.90 Å². The van der Waals surface area contributed by atoms with Crippen LogP contribution in [0.5, 0.6) is 0 Å². The molecule has 1 saturated heterocycles. The minimum Gasteiger partial charge on any atom is -0.340 e. The predicted molar refractivity (Wildman–Crippen MR) is 94.3 cm³/mol. The average Bonchev–Trinajstić information content (AvgIpc) is 2.40. The molecule has 0 radical (unpaired) electrons. The van der Waals surface area contributed by atoms with Gasteiger partial charge in [-0.15, -0.1) is 0 Å². The van der Waals surface area contributed by atoms with Crippen molar-refractivity contribution in [3.8, 4) is 0 Å². The van der Waals surface area contributed by atoms with Gasteiger partial charge in [-0.3, -0.25) is 4.79 Å². The van der Waals surface area contributed by atoms with E-state index in [0.29, 0.717) is 29.2 Å². The second kappa shape index (κ2) is 7.69. The van der Waals surface area contributed by atoms with Gasteiger partial charge in [-0.25, -0.2) is 0 Å². The van der Waals surface area contributed by atoms with Gasteiger partial charge in [0, 0.05) is 18.5 Å². The van der Waals surface area contributed by atoms with Gasteiger partial charge in [0.25, 0.3) is 0 Å². The number of hydrogen-bond donors (Lipinski definition) is 0. The van der Waals surface area contributed by atoms with Gasteiger partial charge in [0.2, 0.25) is 5.91 Å². The van der Waals surface area contributed by atoms with Gasteiger partial charge in [0.15, 0.2) is 0 Å². The highest BCUT2D eigenvalue weighted by atomic mass is 16.2. The van der Waals surface area contributed by atoms with Crippen LogP contribution in [0, 0.1) is 23.2 Å². The molecule has 3 atom stereocenters. The number of carbonyl (C=O) groups is 1. The van der Waals surface area contributed by atoms with Gasteiger partial charge >= 0.3 is 0 Å². The van der Waals surface area contributed by atoms with E-state index in [-0.39, 0.29) is 5.92 Å². The fourth-order valence-electron chi connectivity index (χ4n) is 4.35. The van der Waals surface area contributed by atoms with E-state index in [9.17, 15) is 4.79 Å². The van der Waals surface area contributed by atoms with Crippen LogP contribution in [0.25, 0.3) is 0 Å². The summed E-state index contributed by atoms with van der Waals surface area (Å²) in [7, 11) is 2.28. The third-order valence-electron chi connectivity index (χ3n) is 5.94. The first-order valence-corrected chi connectivity index (χ1v) is 9.10. The molecule has 0 bridgehead atoms. The van der Waals surface area contributed by atoms with Gasteiger partial charge in [0.1, 0.15) is 7.85 Å². The molecular formula is C18H36BNO. The first-order chi connectivity index (χ1) is 9.79. The summed E-state index contributed by atoms with van der Waals surface area (Å²) in [5.41, 5.74) is 0.299. The highest BCUT2D eigenvalue weighted by Crippen LogP contribution is 2.48. The molecule has 0 saturated carbocycles.